The van der Waals surface area contributed by atoms with E-state index in [1.165, 1.54) is 12.1 Å². The third-order valence-corrected chi connectivity index (χ3v) is 4.45. The van der Waals surface area contributed by atoms with Crippen molar-refractivity contribution >= 4 is 11.3 Å². The molecule has 0 radical (unpaired) electrons. The molecule has 6 heteroatoms. The summed E-state index contributed by atoms with van der Waals surface area (Å²) in [6, 6.07) is 10.4. The summed E-state index contributed by atoms with van der Waals surface area (Å²) in [6.45, 7) is 1.86. The van der Waals surface area contributed by atoms with Crippen molar-refractivity contribution in [2.75, 3.05) is 13.2 Å². The van der Waals surface area contributed by atoms with Crippen LogP contribution in [-0.4, -0.2) is 33.1 Å². The first kappa shape index (κ1) is 16.7. The molecule has 1 aromatic carbocycles. The van der Waals surface area contributed by atoms with Crippen LogP contribution in [0.25, 0.3) is 10.7 Å². The molecule has 0 spiro atoms. The first-order valence-corrected chi connectivity index (χ1v) is 8.55. The van der Waals surface area contributed by atoms with Crippen molar-refractivity contribution in [2.24, 2.45) is 0 Å². The Labute approximate surface area is 144 Å². The Morgan fingerprint density at radius 3 is 2.33 bits per heavy atom. The highest BCUT2D eigenvalue weighted by atomic mass is 32.1. The summed E-state index contributed by atoms with van der Waals surface area (Å²) in [5.41, 5.74) is 1.98. The average Bonchev–Trinajstić information content (AvgIpc) is 3.12. The SMILES string of the molecule is OCCN(Cc1ccc(F)cc1)Cc1cnc(-c2cccs2)nc1. The van der Waals surface area contributed by atoms with E-state index in [0.717, 1.165) is 21.8 Å². The monoisotopic (exact) mass is 343 g/mol. The van der Waals surface area contributed by atoms with Gasteiger partial charge in [-0.15, -0.1) is 11.3 Å². The molecular weight excluding hydrogens is 325 g/mol. The maximum Gasteiger partial charge on any atom is 0.169 e. The molecule has 0 bridgehead atoms. The molecule has 2 aromatic heterocycles. The van der Waals surface area contributed by atoms with Gasteiger partial charge in [0.2, 0.25) is 0 Å². The Morgan fingerprint density at radius 1 is 1.00 bits per heavy atom. The van der Waals surface area contributed by atoms with E-state index < -0.39 is 0 Å². The number of aliphatic hydroxyl groups is 1. The van der Waals surface area contributed by atoms with Gasteiger partial charge in [-0.2, -0.15) is 0 Å². The summed E-state index contributed by atoms with van der Waals surface area (Å²) in [5.74, 6) is 0.478. The molecule has 0 saturated heterocycles. The lowest BCUT2D eigenvalue weighted by atomic mass is 10.2. The molecule has 0 aliphatic rings. The number of aromatic nitrogens is 2. The average molecular weight is 343 g/mol. The standard InChI is InChI=1S/C18H18FN3OS/c19-16-5-3-14(4-6-16)12-22(7-8-23)13-15-10-20-18(21-11-15)17-2-1-9-24-17/h1-6,9-11,23H,7-8,12-13H2. The third-order valence-electron chi connectivity index (χ3n) is 3.59. The summed E-state index contributed by atoms with van der Waals surface area (Å²) in [4.78, 5) is 11.9. The predicted octanol–water partition coefficient (Wildman–Crippen LogP) is 3.34. The number of hydrogen-bond acceptors (Lipinski definition) is 5. The molecule has 124 valence electrons. The lowest BCUT2D eigenvalue weighted by Gasteiger charge is -2.21. The summed E-state index contributed by atoms with van der Waals surface area (Å²) >= 11 is 1.61. The van der Waals surface area contributed by atoms with Gasteiger partial charge in [-0.25, -0.2) is 14.4 Å². The fourth-order valence-corrected chi connectivity index (χ4v) is 3.10. The number of halogens is 1. The number of nitrogens with zero attached hydrogens (tertiary/aromatic N) is 3. The molecule has 0 atom stereocenters. The number of benzene rings is 1. The second-order valence-electron chi connectivity index (χ2n) is 5.45. The number of hydrogen-bond donors (Lipinski definition) is 1. The molecule has 0 aliphatic heterocycles. The van der Waals surface area contributed by atoms with Gasteiger partial charge in [-0.05, 0) is 29.1 Å². The van der Waals surface area contributed by atoms with Crippen molar-refractivity contribution in [1.82, 2.24) is 14.9 Å². The molecule has 24 heavy (non-hydrogen) atoms. The van der Waals surface area contributed by atoms with Gasteiger partial charge in [0.1, 0.15) is 5.82 Å². The molecule has 0 unspecified atom stereocenters. The van der Waals surface area contributed by atoms with Crippen molar-refractivity contribution in [3.63, 3.8) is 0 Å². The topological polar surface area (TPSA) is 49.2 Å². The Bertz CT molecular complexity index is 745. The van der Waals surface area contributed by atoms with E-state index in [1.807, 2.05) is 29.9 Å². The zero-order valence-electron chi connectivity index (χ0n) is 13.1. The summed E-state index contributed by atoms with van der Waals surface area (Å²) in [5, 5.41) is 11.3. The van der Waals surface area contributed by atoms with Crippen molar-refractivity contribution < 1.29 is 9.50 Å². The van der Waals surface area contributed by atoms with Crippen LogP contribution in [0, 0.1) is 5.82 Å². The van der Waals surface area contributed by atoms with Crippen molar-refractivity contribution in [2.45, 2.75) is 13.1 Å². The van der Waals surface area contributed by atoms with Crippen LogP contribution in [0.1, 0.15) is 11.1 Å². The largest absolute Gasteiger partial charge is 0.395 e. The van der Waals surface area contributed by atoms with Crippen molar-refractivity contribution in [3.8, 4) is 10.7 Å². The fraction of sp³-hybridized carbons (Fsp3) is 0.222. The zero-order chi connectivity index (χ0) is 16.8. The molecule has 0 aliphatic carbocycles. The fourth-order valence-electron chi connectivity index (χ4n) is 2.43. The van der Waals surface area contributed by atoms with Crippen LogP contribution in [0.3, 0.4) is 0 Å². The first-order chi connectivity index (χ1) is 11.7. The van der Waals surface area contributed by atoms with Gasteiger partial charge < -0.3 is 5.11 Å². The van der Waals surface area contributed by atoms with Gasteiger partial charge in [0.15, 0.2) is 5.82 Å². The molecule has 0 fully saturated rings. The molecule has 0 amide bonds. The van der Waals surface area contributed by atoms with E-state index in [2.05, 4.69) is 14.9 Å². The van der Waals surface area contributed by atoms with Crippen LogP contribution in [0.5, 0.6) is 0 Å². The van der Waals surface area contributed by atoms with E-state index in [-0.39, 0.29) is 12.4 Å². The maximum atomic E-state index is 13.0. The molecular formula is C18H18FN3OS. The zero-order valence-corrected chi connectivity index (χ0v) is 13.9. The van der Waals surface area contributed by atoms with Gasteiger partial charge in [0.05, 0.1) is 11.5 Å². The molecule has 1 N–H and O–H groups in total. The molecule has 0 saturated carbocycles. The molecule has 4 nitrogen and oxygen atoms in total. The lowest BCUT2D eigenvalue weighted by molar-refractivity contribution is 0.184. The number of rotatable bonds is 7. The van der Waals surface area contributed by atoms with Crippen LogP contribution >= 0.6 is 11.3 Å². The maximum absolute atomic E-state index is 13.0. The van der Waals surface area contributed by atoms with Gasteiger partial charge >= 0.3 is 0 Å². The second-order valence-corrected chi connectivity index (χ2v) is 6.40. The predicted molar refractivity (Wildman–Crippen MR) is 92.9 cm³/mol. The van der Waals surface area contributed by atoms with Gasteiger partial charge in [0.25, 0.3) is 0 Å². The minimum Gasteiger partial charge on any atom is -0.395 e. The van der Waals surface area contributed by atoms with Gasteiger partial charge in [-0.1, -0.05) is 18.2 Å². The highest BCUT2D eigenvalue weighted by molar-refractivity contribution is 7.13. The third kappa shape index (κ3) is 4.44. The van der Waals surface area contributed by atoms with E-state index in [9.17, 15) is 9.50 Å². The van der Waals surface area contributed by atoms with E-state index >= 15 is 0 Å². The highest BCUT2D eigenvalue weighted by Gasteiger charge is 2.09. The van der Waals surface area contributed by atoms with Crippen LogP contribution < -0.4 is 0 Å². The van der Waals surface area contributed by atoms with Crippen LogP contribution in [0.4, 0.5) is 4.39 Å². The van der Waals surface area contributed by atoms with Crippen molar-refractivity contribution in [3.05, 3.63) is 71.1 Å². The normalized spacial score (nSPS) is 11.1. The van der Waals surface area contributed by atoms with Crippen LogP contribution in [0.15, 0.2) is 54.2 Å². The number of thiophene rings is 1. The van der Waals surface area contributed by atoms with Crippen LogP contribution in [-0.2, 0) is 13.1 Å². The summed E-state index contributed by atoms with van der Waals surface area (Å²) in [7, 11) is 0. The summed E-state index contributed by atoms with van der Waals surface area (Å²) < 4.78 is 13.0. The molecule has 3 aromatic rings. The van der Waals surface area contributed by atoms with E-state index in [4.69, 9.17) is 0 Å². The second kappa shape index (κ2) is 8.10. The van der Waals surface area contributed by atoms with Crippen LogP contribution in [0.2, 0.25) is 0 Å². The van der Waals surface area contributed by atoms with Gasteiger partial charge in [0, 0.05) is 37.6 Å². The van der Waals surface area contributed by atoms with Crippen molar-refractivity contribution in [1.29, 1.82) is 0 Å². The highest BCUT2D eigenvalue weighted by Crippen LogP contribution is 2.20. The van der Waals surface area contributed by atoms with E-state index in [0.29, 0.717) is 19.6 Å². The smallest absolute Gasteiger partial charge is 0.169 e. The minimum atomic E-state index is -0.245. The quantitative estimate of drug-likeness (QED) is 0.715. The van der Waals surface area contributed by atoms with Gasteiger partial charge in [-0.3, -0.25) is 4.90 Å². The Morgan fingerprint density at radius 2 is 1.71 bits per heavy atom. The molecule has 3 rings (SSSR count). The lowest BCUT2D eigenvalue weighted by Crippen LogP contribution is -2.26. The summed E-state index contributed by atoms with van der Waals surface area (Å²) in [6.07, 6.45) is 3.63. The molecule has 2 heterocycles. The number of aliphatic hydroxyl groups excluding tert-OH is 1. The van der Waals surface area contributed by atoms with E-state index in [1.54, 1.807) is 23.5 Å². The minimum absolute atomic E-state index is 0.0648. The Hall–Kier alpha value is -2.15. The Kier molecular flexibility index (Phi) is 5.63. The first-order valence-electron chi connectivity index (χ1n) is 7.67. The Balaban J connectivity index is 1.67.